The van der Waals surface area contributed by atoms with Crippen LogP contribution in [0.15, 0.2) is 23.0 Å². The molecule has 0 aromatic carbocycles. The van der Waals surface area contributed by atoms with Crippen LogP contribution in [0.3, 0.4) is 0 Å². The van der Waals surface area contributed by atoms with E-state index < -0.39 is 5.60 Å². The minimum absolute atomic E-state index is 0.222. The maximum absolute atomic E-state index is 11.9. The van der Waals surface area contributed by atoms with Gasteiger partial charge in [-0.15, -0.1) is 0 Å². The topological polar surface area (TPSA) is 82.2 Å². The van der Waals surface area contributed by atoms with Gasteiger partial charge in [-0.05, 0) is 37.7 Å². The molecule has 1 aliphatic carbocycles. The van der Waals surface area contributed by atoms with Crippen molar-refractivity contribution in [3.8, 4) is 0 Å². The molecule has 0 aliphatic heterocycles. The highest BCUT2D eigenvalue weighted by Crippen LogP contribution is 2.31. The summed E-state index contributed by atoms with van der Waals surface area (Å²) in [4.78, 5) is 25.4. The van der Waals surface area contributed by atoms with Gasteiger partial charge in [0, 0.05) is 12.6 Å². The molecule has 104 valence electrons. The molecule has 5 heteroatoms. The number of hydrogen-bond acceptors (Lipinski definition) is 3. The van der Waals surface area contributed by atoms with Crippen molar-refractivity contribution in [1.29, 1.82) is 0 Å². The summed E-state index contributed by atoms with van der Waals surface area (Å²) in [7, 11) is 0. The lowest BCUT2D eigenvalue weighted by Crippen LogP contribution is -2.45. The molecule has 1 aromatic heterocycles. The first-order chi connectivity index (χ1) is 8.98. The predicted molar refractivity (Wildman–Crippen MR) is 72.0 cm³/mol. The Morgan fingerprint density at radius 1 is 1.47 bits per heavy atom. The molecule has 19 heavy (non-hydrogen) atoms. The zero-order valence-electron chi connectivity index (χ0n) is 11.1. The van der Waals surface area contributed by atoms with E-state index in [0.29, 0.717) is 18.8 Å². The lowest BCUT2D eigenvalue weighted by Gasteiger charge is -2.34. The Labute approximate surface area is 112 Å². The molecule has 1 aliphatic rings. The molecule has 0 bridgehead atoms. The smallest absolute Gasteiger partial charge is 0.267 e. The van der Waals surface area contributed by atoms with E-state index in [0.717, 1.165) is 12.8 Å². The fraction of sp³-hybridized carbons (Fsp3) is 0.571. The van der Waals surface area contributed by atoms with Gasteiger partial charge in [0.2, 0.25) is 5.56 Å². The third-order valence-corrected chi connectivity index (χ3v) is 3.80. The highest BCUT2D eigenvalue weighted by molar-refractivity contribution is 5.92. The zero-order chi connectivity index (χ0) is 13.9. The highest BCUT2D eigenvalue weighted by Gasteiger charge is 2.32. The fourth-order valence-electron chi connectivity index (χ4n) is 2.40. The lowest BCUT2D eigenvalue weighted by molar-refractivity contribution is -0.00543. The highest BCUT2D eigenvalue weighted by atomic mass is 16.3. The number of carbonyl (C=O) groups excluding carboxylic acids is 1. The number of H-pyrrole nitrogens is 1. The monoisotopic (exact) mass is 264 g/mol. The molecule has 1 amide bonds. The van der Waals surface area contributed by atoms with E-state index >= 15 is 0 Å². The van der Waals surface area contributed by atoms with Crippen LogP contribution in [0.1, 0.15) is 43.1 Å². The van der Waals surface area contributed by atoms with Gasteiger partial charge in [0.05, 0.1) is 5.60 Å². The molecular formula is C14H20N2O3. The molecule has 0 radical (unpaired) electrons. The average Bonchev–Trinajstić information content (AvgIpc) is 2.40. The van der Waals surface area contributed by atoms with Gasteiger partial charge in [-0.25, -0.2) is 0 Å². The van der Waals surface area contributed by atoms with Crippen molar-refractivity contribution >= 4 is 5.91 Å². The molecular weight excluding hydrogens is 244 g/mol. The number of pyridine rings is 1. The van der Waals surface area contributed by atoms with Crippen molar-refractivity contribution in [2.24, 2.45) is 5.92 Å². The summed E-state index contributed by atoms with van der Waals surface area (Å²) in [5.74, 6) is 0.284. The van der Waals surface area contributed by atoms with E-state index in [1.807, 2.05) is 0 Å². The van der Waals surface area contributed by atoms with Crippen LogP contribution < -0.4 is 10.9 Å². The summed E-state index contributed by atoms with van der Waals surface area (Å²) in [5, 5.41) is 13.0. The summed E-state index contributed by atoms with van der Waals surface area (Å²) < 4.78 is 0. The number of aromatic amines is 1. The van der Waals surface area contributed by atoms with Crippen LogP contribution in [0, 0.1) is 5.92 Å². The first kappa shape index (κ1) is 13.8. The maximum atomic E-state index is 11.9. The number of hydrogen-bond donors (Lipinski definition) is 3. The van der Waals surface area contributed by atoms with Crippen molar-refractivity contribution in [1.82, 2.24) is 10.3 Å². The van der Waals surface area contributed by atoms with Crippen molar-refractivity contribution in [2.45, 2.75) is 38.2 Å². The number of amides is 1. The van der Waals surface area contributed by atoms with Gasteiger partial charge in [0.15, 0.2) is 0 Å². The molecule has 1 fully saturated rings. The SMILES string of the molecule is CC1CCC(O)(CNC(=O)c2cccc(=O)[nH]2)CC1. The van der Waals surface area contributed by atoms with Crippen LogP contribution in [0.2, 0.25) is 0 Å². The summed E-state index contributed by atoms with van der Waals surface area (Å²) in [6.07, 6.45) is 3.38. The molecule has 2 rings (SSSR count). The van der Waals surface area contributed by atoms with Gasteiger partial charge < -0.3 is 15.4 Å². The van der Waals surface area contributed by atoms with Crippen LogP contribution >= 0.6 is 0 Å². The molecule has 3 N–H and O–H groups in total. The van der Waals surface area contributed by atoms with Crippen molar-refractivity contribution in [2.75, 3.05) is 6.54 Å². The summed E-state index contributed by atoms with van der Waals surface area (Å²) >= 11 is 0. The Morgan fingerprint density at radius 3 is 2.79 bits per heavy atom. The summed E-state index contributed by atoms with van der Waals surface area (Å²) in [5.41, 5.74) is -0.893. The maximum Gasteiger partial charge on any atom is 0.267 e. The molecule has 5 nitrogen and oxygen atoms in total. The van der Waals surface area contributed by atoms with Crippen LogP contribution in [0.5, 0.6) is 0 Å². The quantitative estimate of drug-likeness (QED) is 0.763. The number of aromatic nitrogens is 1. The van der Waals surface area contributed by atoms with E-state index in [2.05, 4.69) is 17.2 Å². The lowest BCUT2D eigenvalue weighted by atomic mass is 9.79. The van der Waals surface area contributed by atoms with Crippen molar-refractivity contribution in [3.63, 3.8) is 0 Å². The second-order valence-electron chi connectivity index (χ2n) is 5.52. The Hall–Kier alpha value is -1.62. The molecule has 0 atom stereocenters. The van der Waals surface area contributed by atoms with Gasteiger partial charge in [-0.2, -0.15) is 0 Å². The first-order valence-electron chi connectivity index (χ1n) is 6.68. The number of carbonyl (C=O) groups is 1. The number of rotatable bonds is 3. The Kier molecular flexibility index (Phi) is 4.04. The minimum atomic E-state index is -0.808. The molecule has 1 heterocycles. The number of nitrogens with one attached hydrogen (secondary N) is 2. The zero-order valence-corrected chi connectivity index (χ0v) is 11.1. The Balaban J connectivity index is 1.92. The summed E-state index contributed by atoms with van der Waals surface area (Å²) in [6, 6.07) is 4.43. The van der Waals surface area contributed by atoms with Crippen LogP contribution in [0.25, 0.3) is 0 Å². The molecule has 0 spiro atoms. The molecule has 1 aromatic rings. The van der Waals surface area contributed by atoms with Crippen molar-refractivity contribution in [3.05, 3.63) is 34.2 Å². The van der Waals surface area contributed by atoms with Crippen LogP contribution in [-0.4, -0.2) is 28.1 Å². The van der Waals surface area contributed by atoms with E-state index in [9.17, 15) is 14.7 Å². The van der Waals surface area contributed by atoms with Crippen LogP contribution in [0.4, 0.5) is 0 Å². The Morgan fingerprint density at radius 2 is 2.16 bits per heavy atom. The average molecular weight is 264 g/mol. The standard InChI is InChI=1S/C14H20N2O3/c1-10-5-7-14(19,8-6-10)9-15-13(18)11-3-2-4-12(17)16-11/h2-4,10,19H,5-9H2,1H3,(H,15,18)(H,16,17). The largest absolute Gasteiger partial charge is 0.388 e. The van der Waals surface area contributed by atoms with Gasteiger partial charge in [-0.1, -0.05) is 13.0 Å². The molecule has 0 saturated heterocycles. The van der Waals surface area contributed by atoms with E-state index in [4.69, 9.17) is 0 Å². The third-order valence-electron chi connectivity index (χ3n) is 3.80. The second-order valence-corrected chi connectivity index (χ2v) is 5.52. The fourth-order valence-corrected chi connectivity index (χ4v) is 2.40. The first-order valence-corrected chi connectivity index (χ1v) is 6.68. The number of aliphatic hydroxyl groups is 1. The normalized spacial score (nSPS) is 26.9. The minimum Gasteiger partial charge on any atom is -0.388 e. The van der Waals surface area contributed by atoms with Crippen LogP contribution in [-0.2, 0) is 0 Å². The predicted octanol–water partition coefficient (Wildman–Crippen LogP) is 1.05. The van der Waals surface area contributed by atoms with Crippen molar-refractivity contribution < 1.29 is 9.90 Å². The summed E-state index contributed by atoms with van der Waals surface area (Å²) in [6.45, 7) is 2.41. The second kappa shape index (κ2) is 5.57. The van der Waals surface area contributed by atoms with E-state index in [-0.39, 0.29) is 23.7 Å². The van der Waals surface area contributed by atoms with Gasteiger partial charge in [0.25, 0.3) is 5.91 Å². The molecule has 1 saturated carbocycles. The molecule has 0 unspecified atom stereocenters. The van der Waals surface area contributed by atoms with Gasteiger partial charge >= 0.3 is 0 Å². The Bertz CT molecular complexity index is 501. The van der Waals surface area contributed by atoms with E-state index in [1.54, 1.807) is 6.07 Å². The van der Waals surface area contributed by atoms with Gasteiger partial charge in [-0.3, -0.25) is 9.59 Å². The van der Waals surface area contributed by atoms with Gasteiger partial charge in [0.1, 0.15) is 5.69 Å². The third kappa shape index (κ3) is 3.67. The van der Waals surface area contributed by atoms with E-state index in [1.165, 1.54) is 12.1 Å².